The third-order valence-corrected chi connectivity index (χ3v) is 11.9. The Balaban J connectivity index is 1.06. The summed E-state index contributed by atoms with van der Waals surface area (Å²) in [5.74, 6) is -0.849. The van der Waals surface area contributed by atoms with E-state index in [0.717, 1.165) is 16.5 Å². The molecule has 2 aromatic heterocycles. The number of nitrogens with one attached hydrogen (secondary N) is 1. The van der Waals surface area contributed by atoms with Crippen molar-refractivity contribution in [1.29, 1.82) is 0 Å². The van der Waals surface area contributed by atoms with E-state index in [1.807, 2.05) is 13.0 Å². The monoisotopic (exact) mass is 903 g/mol. The summed E-state index contributed by atoms with van der Waals surface area (Å²) < 4.78 is 74.6. The number of phosphoric acid groups is 2. The van der Waals surface area contributed by atoms with Crippen molar-refractivity contribution in [3.8, 4) is 17.1 Å². The second kappa shape index (κ2) is 21.0. The average Bonchev–Trinajstić information content (AvgIpc) is 3.58. The Morgan fingerprint density at radius 3 is 2.43 bits per heavy atom. The van der Waals surface area contributed by atoms with E-state index in [9.17, 15) is 47.9 Å². The van der Waals surface area contributed by atoms with Gasteiger partial charge in [0, 0.05) is 35.7 Å². The molecule has 0 radical (unpaired) electrons. The van der Waals surface area contributed by atoms with Gasteiger partial charge in [-0.1, -0.05) is 13.8 Å². The number of ether oxygens (including phenoxy) is 3. The molecular formula is C35H44N3O19P3-2. The zero-order valence-corrected chi connectivity index (χ0v) is 35.2. The number of aliphatic hydroxyl groups is 2. The number of aromatic nitrogens is 2. The molecule has 4 heterocycles. The number of rotatable bonds is 25. The minimum atomic E-state index is -5.04. The Kier molecular flexibility index (Phi) is 16.6. The van der Waals surface area contributed by atoms with Gasteiger partial charge in [-0.2, -0.15) is 0 Å². The molecule has 1 amide bonds. The second-order valence-electron chi connectivity index (χ2n) is 13.3. The number of cyclic esters (lactones) is 1. The first-order valence-electron chi connectivity index (χ1n) is 18.7. The maximum Gasteiger partial charge on any atom is 0.488 e. The van der Waals surface area contributed by atoms with Gasteiger partial charge in [-0.25, -0.2) is 9.78 Å². The molecule has 330 valence electrons. The van der Waals surface area contributed by atoms with Gasteiger partial charge in [0.15, 0.2) is 18.3 Å². The standard InChI is InChI=1S/C35H46N3O19P3/c1-3-24-25-8-7-22(15-29(25)37-32-26(24)17-38-30(32)16-28-27(33(38)41)20-52-34(42)35(28,43)4-2)51-21-31(40)36-9-5-6-11-50-18-23(57-58(44)45)19-56-60(48,49)55-14-13-54-59(46,47)53-12-10-39/h7-8,15-16,23,39,43H,3-6,9-14,17-21H2,1-2H3,(H,36,40)(H,46,47)(H,48,49)/p-2/t23?,35-/m0/s1. The van der Waals surface area contributed by atoms with Crippen LogP contribution in [-0.2, 0) is 80.6 Å². The van der Waals surface area contributed by atoms with E-state index in [-0.39, 0.29) is 62.6 Å². The van der Waals surface area contributed by atoms with Crippen molar-refractivity contribution in [1.82, 2.24) is 14.9 Å². The fourth-order valence-corrected chi connectivity index (χ4v) is 8.31. The van der Waals surface area contributed by atoms with Crippen molar-refractivity contribution in [3.05, 3.63) is 56.9 Å². The van der Waals surface area contributed by atoms with Crippen LogP contribution < -0.4 is 30.3 Å². The van der Waals surface area contributed by atoms with E-state index in [4.69, 9.17) is 24.3 Å². The summed E-state index contributed by atoms with van der Waals surface area (Å²) in [6.45, 7) is -0.192. The number of benzene rings is 1. The van der Waals surface area contributed by atoms with Crippen molar-refractivity contribution < 1.29 is 85.0 Å². The third-order valence-electron chi connectivity index (χ3n) is 9.42. The fourth-order valence-electron chi connectivity index (χ4n) is 6.54. The molecule has 2 aliphatic rings. The molecule has 3 aromatic rings. The molecule has 60 heavy (non-hydrogen) atoms. The number of nitrogens with zero attached hydrogens (tertiary/aromatic N) is 2. The van der Waals surface area contributed by atoms with Gasteiger partial charge < -0.3 is 67.1 Å². The van der Waals surface area contributed by atoms with E-state index in [2.05, 4.69) is 27.9 Å². The van der Waals surface area contributed by atoms with Crippen molar-refractivity contribution in [2.45, 2.75) is 64.4 Å². The van der Waals surface area contributed by atoms with Crippen molar-refractivity contribution in [3.63, 3.8) is 0 Å². The molecule has 0 spiro atoms. The highest BCUT2D eigenvalue weighted by molar-refractivity contribution is 7.46. The van der Waals surface area contributed by atoms with E-state index >= 15 is 0 Å². The van der Waals surface area contributed by atoms with Gasteiger partial charge in [0.1, 0.15) is 12.4 Å². The topological polar surface area (TPSA) is 316 Å². The molecule has 5 atom stereocenters. The Morgan fingerprint density at radius 1 is 1.03 bits per heavy atom. The average molecular weight is 904 g/mol. The molecule has 0 bridgehead atoms. The van der Waals surface area contributed by atoms with E-state index < -0.39 is 80.5 Å². The number of esters is 1. The smallest absolute Gasteiger partial charge is 0.488 e. The highest BCUT2D eigenvalue weighted by Gasteiger charge is 2.45. The van der Waals surface area contributed by atoms with Gasteiger partial charge in [-0.3, -0.25) is 18.7 Å². The van der Waals surface area contributed by atoms with Crippen LogP contribution >= 0.6 is 23.9 Å². The number of carbonyl (C=O) groups is 2. The van der Waals surface area contributed by atoms with Crippen LogP contribution in [0.5, 0.6) is 5.75 Å². The van der Waals surface area contributed by atoms with E-state index in [1.54, 1.807) is 29.7 Å². The summed E-state index contributed by atoms with van der Waals surface area (Å²) >= 11 is 0. The van der Waals surface area contributed by atoms with Gasteiger partial charge in [0.2, 0.25) is 0 Å². The summed E-state index contributed by atoms with van der Waals surface area (Å²) in [5, 5.41) is 23.3. The molecule has 0 saturated heterocycles. The molecular weight excluding hydrogens is 859 g/mol. The zero-order valence-electron chi connectivity index (χ0n) is 32.6. The van der Waals surface area contributed by atoms with Crippen LogP contribution in [-0.4, -0.2) is 97.1 Å². The lowest BCUT2D eigenvalue weighted by molar-refractivity contribution is -0.235. The largest absolute Gasteiger partial charge is 0.756 e. The van der Waals surface area contributed by atoms with Crippen LogP contribution in [0, 0.1) is 0 Å². The molecule has 1 aromatic carbocycles. The molecule has 4 unspecified atom stereocenters. The molecule has 0 saturated carbocycles. The lowest BCUT2D eigenvalue weighted by Crippen LogP contribution is -2.44. The van der Waals surface area contributed by atoms with Crippen molar-refractivity contribution in [2.24, 2.45) is 0 Å². The summed E-state index contributed by atoms with van der Waals surface area (Å²) in [4.78, 5) is 78.0. The number of pyridine rings is 2. The van der Waals surface area contributed by atoms with Gasteiger partial charge in [-0.05, 0) is 54.0 Å². The maximum absolute atomic E-state index is 13.6. The predicted molar refractivity (Wildman–Crippen MR) is 201 cm³/mol. The summed E-state index contributed by atoms with van der Waals surface area (Å²) in [6.07, 6.45) is 0.142. The van der Waals surface area contributed by atoms with Crippen LogP contribution in [0.25, 0.3) is 22.3 Å². The lowest BCUT2D eigenvalue weighted by atomic mass is 9.86. The molecule has 25 heteroatoms. The number of aliphatic hydroxyl groups excluding tert-OH is 1. The number of hydrogen-bond donors (Lipinski definition) is 3. The minimum absolute atomic E-state index is 0.0202. The Hall–Kier alpha value is -3.56. The highest BCUT2D eigenvalue weighted by atomic mass is 31.2. The third kappa shape index (κ3) is 11.9. The summed E-state index contributed by atoms with van der Waals surface area (Å²) in [7, 11) is -13.2. The van der Waals surface area contributed by atoms with E-state index in [0.29, 0.717) is 41.9 Å². The number of fused-ring (bicyclic) bond motifs is 5. The van der Waals surface area contributed by atoms with Crippen molar-refractivity contribution in [2.75, 3.05) is 59.4 Å². The highest BCUT2D eigenvalue weighted by Crippen LogP contribution is 2.42. The number of phosphoric ester groups is 2. The van der Waals surface area contributed by atoms with Crippen molar-refractivity contribution >= 4 is 46.7 Å². The first-order chi connectivity index (χ1) is 28.5. The Bertz CT molecular complexity index is 2220. The number of hydrogen-bond acceptors (Lipinski definition) is 20. The van der Waals surface area contributed by atoms with Crippen LogP contribution in [0.1, 0.15) is 55.4 Å². The number of amides is 1. The summed E-state index contributed by atoms with van der Waals surface area (Å²) in [5.41, 5.74) is 1.57. The Morgan fingerprint density at radius 2 is 1.75 bits per heavy atom. The molecule has 0 aliphatic carbocycles. The van der Waals surface area contributed by atoms with Crippen LogP contribution in [0.3, 0.4) is 0 Å². The normalized spacial score (nSPS) is 18.4. The molecule has 22 nitrogen and oxygen atoms in total. The van der Waals surface area contributed by atoms with Gasteiger partial charge in [0.05, 0.1) is 68.7 Å². The lowest BCUT2D eigenvalue weighted by Gasteiger charge is -2.31. The SMILES string of the molecule is CCc1c2c(nc3cc(OCC(=O)NCCCCOCC(COP(=O)([O-])OCCOP(=O)([O-])OCCO)O[P+](=O)[O-])ccc13)-c1cc3c(c(=O)n1C2)COC(=O)[C@]3(O)CC. The number of carbonyl (C=O) groups excluding carboxylic acids is 2. The molecule has 0 fully saturated rings. The number of unbranched alkanes of at least 4 members (excludes halogenated alkanes) is 1. The second-order valence-corrected chi connectivity index (χ2v) is 16.8. The maximum atomic E-state index is 13.6. The van der Waals surface area contributed by atoms with Gasteiger partial charge in [-0.15, -0.1) is 4.52 Å². The minimum Gasteiger partial charge on any atom is -0.756 e. The first kappa shape index (κ1) is 47.5. The molecule has 3 N–H and O–H groups in total. The zero-order chi connectivity index (χ0) is 43.7. The van der Waals surface area contributed by atoms with Crippen LogP contribution in [0.15, 0.2) is 29.1 Å². The fraction of sp³-hybridized carbons (Fsp3) is 0.543. The predicted octanol–water partition coefficient (Wildman–Crippen LogP) is 0.332. The van der Waals surface area contributed by atoms with Gasteiger partial charge in [0.25, 0.3) is 27.1 Å². The quantitative estimate of drug-likeness (QED) is 0.0458. The van der Waals surface area contributed by atoms with Crippen LogP contribution in [0.2, 0.25) is 0 Å². The van der Waals surface area contributed by atoms with E-state index in [1.165, 1.54) is 0 Å². The first-order valence-corrected chi connectivity index (χ1v) is 22.8. The Labute approximate surface area is 343 Å². The summed E-state index contributed by atoms with van der Waals surface area (Å²) in [6, 6.07) is 6.89. The molecule has 5 rings (SSSR count). The number of aryl methyl sites for hydroxylation is 1. The van der Waals surface area contributed by atoms with Crippen LogP contribution in [0.4, 0.5) is 0 Å². The molecule has 2 aliphatic heterocycles. The van der Waals surface area contributed by atoms with Gasteiger partial charge >= 0.3 is 14.2 Å².